The minimum absolute atomic E-state index is 0.0931. The first-order valence-electron chi connectivity index (χ1n) is 6.70. The number of nitrogens with zero attached hydrogens (tertiary/aromatic N) is 1. The second kappa shape index (κ2) is 4.26. The third-order valence-corrected chi connectivity index (χ3v) is 5.71. The van der Waals surface area contributed by atoms with E-state index in [1.807, 2.05) is 18.0 Å². The average Bonchev–Trinajstić information content (AvgIpc) is 2.72. The molecule has 1 aromatic carbocycles. The van der Waals surface area contributed by atoms with Crippen molar-refractivity contribution in [1.29, 1.82) is 0 Å². The van der Waals surface area contributed by atoms with Gasteiger partial charge in [-0.25, -0.2) is 0 Å². The second-order valence-corrected chi connectivity index (χ2v) is 6.85. The normalized spacial score (nSPS) is 26.5. The van der Waals surface area contributed by atoms with Gasteiger partial charge in [0.2, 0.25) is 0 Å². The Morgan fingerprint density at radius 2 is 2.24 bits per heavy atom. The summed E-state index contributed by atoms with van der Waals surface area (Å²) in [6.45, 7) is 0. The standard InChI is InChI=1S/C16H13NO3S/c1-17-12-6-5-9(18)7-10(12)11-8-21(20)14-4-2-3-13(19)15(14)16(11)17/h2-7,11,18H,8H2,1H3. The van der Waals surface area contributed by atoms with E-state index in [1.54, 1.807) is 24.3 Å². The zero-order valence-electron chi connectivity index (χ0n) is 11.4. The molecule has 2 aliphatic heterocycles. The monoisotopic (exact) mass is 299 g/mol. The number of fused-ring (bicyclic) bond motifs is 4. The maximum Gasteiger partial charge on any atom is 0.192 e. The van der Waals surface area contributed by atoms with Crippen LogP contribution in [0.5, 0.6) is 5.75 Å². The molecule has 0 saturated carbocycles. The van der Waals surface area contributed by atoms with Crippen LogP contribution in [0.1, 0.15) is 11.5 Å². The molecule has 1 aliphatic carbocycles. The highest BCUT2D eigenvalue weighted by Gasteiger charge is 2.46. The van der Waals surface area contributed by atoms with Crippen molar-refractivity contribution in [3.63, 3.8) is 0 Å². The SMILES string of the molecule is CN1C2=C3C(=O)C=CC=C3[S+]([O-])CC2c2cc(O)ccc21. The van der Waals surface area contributed by atoms with E-state index in [4.69, 9.17) is 0 Å². The predicted octanol–water partition coefficient (Wildman–Crippen LogP) is 1.96. The van der Waals surface area contributed by atoms with Gasteiger partial charge < -0.3 is 14.6 Å². The molecule has 4 rings (SSSR count). The van der Waals surface area contributed by atoms with Crippen LogP contribution in [0.4, 0.5) is 5.69 Å². The number of likely N-dealkylation sites (N-methyl/N-ethyl adjacent to an activating group) is 1. The molecule has 4 nitrogen and oxygen atoms in total. The van der Waals surface area contributed by atoms with E-state index in [0.29, 0.717) is 16.2 Å². The van der Waals surface area contributed by atoms with Gasteiger partial charge in [-0.2, -0.15) is 0 Å². The number of benzene rings is 1. The molecule has 106 valence electrons. The Morgan fingerprint density at radius 3 is 3.05 bits per heavy atom. The van der Waals surface area contributed by atoms with E-state index >= 15 is 0 Å². The number of ketones is 1. The Bertz CT molecular complexity index is 763. The third-order valence-electron chi connectivity index (χ3n) is 4.25. The molecule has 3 aliphatic rings. The minimum atomic E-state index is -1.19. The van der Waals surface area contributed by atoms with Crippen LogP contribution in [0.15, 0.2) is 52.6 Å². The number of hydrogen-bond acceptors (Lipinski definition) is 4. The van der Waals surface area contributed by atoms with Gasteiger partial charge in [-0.05, 0) is 47.1 Å². The van der Waals surface area contributed by atoms with E-state index in [1.165, 1.54) is 6.08 Å². The van der Waals surface area contributed by atoms with Crippen molar-refractivity contribution < 1.29 is 14.5 Å². The molecule has 1 aromatic rings. The van der Waals surface area contributed by atoms with Gasteiger partial charge in [0.15, 0.2) is 10.7 Å². The number of rotatable bonds is 0. The van der Waals surface area contributed by atoms with Crippen LogP contribution in [0.3, 0.4) is 0 Å². The first-order chi connectivity index (χ1) is 10.1. The number of phenols is 1. The topological polar surface area (TPSA) is 63.6 Å². The molecule has 2 atom stereocenters. The van der Waals surface area contributed by atoms with Crippen LogP contribution >= 0.6 is 0 Å². The maximum absolute atomic E-state index is 12.5. The van der Waals surface area contributed by atoms with Crippen molar-refractivity contribution in [3.8, 4) is 5.75 Å². The average molecular weight is 299 g/mol. The molecule has 0 saturated heterocycles. The first-order valence-corrected chi connectivity index (χ1v) is 8.02. The van der Waals surface area contributed by atoms with E-state index in [9.17, 15) is 14.5 Å². The molecule has 5 heteroatoms. The van der Waals surface area contributed by atoms with E-state index in [-0.39, 0.29) is 17.5 Å². The van der Waals surface area contributed by atoms with Crippen LogP contribution in [0, 0.1) is 0 Å². The van der Waals surface area contributed by atoms with E-state index < -0.39 is 11.2 Å². The van der Waals surface area contributed by atoms with Crippen LogP contribution in [-0.2, 0) is 16.0 Å². The lowest BCUT2D eigenvalue weighted by molar-refractivity contribution is -0.111. The Morgan fingerprint density at radius 1 is 1.43 bits per heavy atom. The van der Waals surface area contributed by atoms with Gasteiger partial charge in [0, 0.05) is 18.4 Å². The molecule has 2 heterocycles. The molecular formula is C16H13NO3S. The lowest BCUT2D eigenvalue weighted by Gasteiger charge is -2.30. The summed E-state index contributed by atoms with van der Waals surface area (Å²) in [6.07, 6.45) is 4.94. The van der Waals surface area contributed by atoms with Gasteiger partial charge in [-0.15, -0.1) is 0 Å². The fourth-order valence-corrected chi connectivity index (χ4v) is 4.83. The quantitative estimate of drug-likeness (QED) is 0.744. The zero-order chi connectivity index (χ0) is 14.7. The largest absolute Gasteiger partial charge is 0.611 e. The smallest absolute Gasteiger partial charge is 0.192 e. The third kappa shape index (κ3) is 1.65. The van der Waals surface area contributed by atoms with Gasteiger partial charge in [0.05, 0.1) is 11.5 Å². The highest BCUT2D eigenvalue weighted by atomic mass is 32.2. The van der Waals surface area contributed by atoms with Crippen LogP contribution in [-0.4, -0.2) is 28.2 Å². The zero-order valence-corrected chi connectivity index (χ0v) is 12.2. The molecule has 0 spiro atoms. The predicted molar refractivity (Wildman–Crippen MR) is 81.5 cm³/mol. The molecule has 0 radical (unpaired) electrons. The molecule has 0 aromatic heterocycles. The lowest BCUT2D eigenvalue weighted by atomic mass is 9.93. The Hall–Kier alpha value is -1.98. The molecule has 0 amide bonds. The van der Waals surface area contributed by atoms with E-state index in [2.05, 4.69) is 0 Å². The van der Waals surface area contributed by atoms with Crippen molar-refractivity contribution in [2.45, 2.75) is 5.92 Å². The number of allylic oxidation sites excluding steroid dienone is 5. The fraction of sp³-hybridized carbons (Fsp3) is 0.188. The molecule has 2 unspecified atom stereocenters. The molecule has 0 fully saturated rings. The summed E-state index contributed by atoms with van der Waals surface area (Å²) >= 11 is -1.19. The highest BCUT2D eigenvalue weighted by Crippen LogP contribution is 2.50. The summed E-state index contributed by atoms with van der Waals surface area (Å²) in [5, 5.41) is 9.72. The van der Waals surface area contributed by atoms with Gasteiger partial charge in [0.25, 0.3) is 0 Å². The van der Waals surface area contributed by atoms with Gasteiger partial charge in [-0.3, -0.25) is 4.79 Å². The Balaban J connectivity index is 1.99. The molecule has 1 N–H and O–H groups in total. The minimum Gasteiger partial charge on any atom is -0.611 e. The summed E-state index contributed by atoms with van der Waals surface area (Å²) in [4.78, 5) is 14.9. The Kier molecular flexibility index (Phi) is 2.58. The number of phenolic OH excluding ortho intramolecular Hbond substituents is 1. The van der Waals surface area contributed by atoms with Gasteiger partial charge >= 0.3 is 0 Å². The molecule has 21 heavy (non-hydrogen) atoms. The Labute approximate surface area is 125 Å². The van der Waals surface area contributed by atoms with Gasteiger partial charge in [0.1, 0.15) is 11.5 Å². The fourth-order valence-electron chi connectivity index (χ4n) is 3.34. The summed E-state index contributed by atoms with van der Waals surface area (Å²) in [5.74, 6) is 0.451. The number of carbonyl (C=O) groups excluding carboxylic acids is 1. The summed E-state index contributed by atoms with van der Waals surface area (Å²) in [7, 11) is 1.91. The van der Waals surface area contributed by atoms with E-state index in [0.717, 1.165) is 16.9 Å². The van der Waals surface area contributed by atoms with Gasteiger partial charge in [-0.1, -0.05) is 6.08 Å². The maximum atomic E-state index is 12.5. The van der Waals surface area contributed by atoms with Crippen molar-refractivity contribution in [2.24, 2.45) is 0 Å². The number of aromatic hydroxyl groups is 1. The lowest BCUT2D eigenvalue weighted by Crippen LogP contribution is -2.31. The number of hydrogen-bond donors (Lipinski definition) is 1. The summed E-state index contributed by atoms with van der Waals surface area (Å²) in [6, 6.07) is 5.18. The van der Waals surface area contributed by atoms with Crippen LogP contribution in [0.2, 0.25) is 0 Å². The van der Waals surface area contributed by atoms with Crippen molar-refractivity contribution in [2.75, 3.05) is 17.7 Å². The second-order valence-electron chi connectivity index (χ2n) is 5.38. The number of carbonyl (C=O) groups is 1. The first kappa shape index (κ1) is 12.7. The highest BCUT2D eigenvalue weighted by molar-refractivity contribution is 7.95. The van der Waals surface area contributed by atoms with Crippen molar-refractivity contribution in [1.82, 2.24) is 0 Å². The summed E-state index contributed by atoms with van der Waals surface area (Å²) in [5.41, 5.74) is 3.36. The van der Waals surface area contributed by atoms with Crippen LogP contribution < -0.4 is 4.90 Å². The molecular weight excluding hydrogens is 286 g/mol. The molecule has 0 bridgehead atoms. The number of anilines is 1. The van der Waals surface area contributed by atoms with Crippen molar-refractivity contribution in [3.05, 3.63) is 58.2 Å². The van der Waals surface area contributed by atoms with Crippen LogP contribution in [0.25, 0.3) is 0 Å². The summed E-state index contributed by atoms with van der Waals surface area (Å²) < 4.78 is 12.5. The van der Waals surface area contributed by atoms with Crippen molar-refractivity contribution >= 4 is 22.6 Å².